The van der Waals surface area contributed by atoms with E-state index in [-0.39, 0.29) is 5.54 Å². The van der Waals surface area contributed by atoms with Crippen molar-refractivity contribution >= 4 is 23.2 Å². The van der Waals surface area contributed by atoms with E-state index in [1.807, 2.05) is 0 Å². The lowest BCUT2D eigenvalue weighted by Crippen LogP contribution is -2.46. The van der Waals surface area contributed by atoms with Gasteiger partial charge in [-0.3, -0.25) is 0 Å². The summed E-state index contributed by atoms with van der Waals surface area (Å²) in [4.78, 5) is 2.16. The van der Waals surface area contributed by atoms with Gasteiger partial charge in [0.25, 0.3) is 0 Å². The van der Waals surface area contributed by atoms with Gasteiger partial charge in [-0.2, -0.15) is 0 Å². The van der Waals surface area contributed by atoms with Gasteiger partial charge in [-0.05, 0) is 27.9 Å². The van der Waals surface area contributed by atoms with E-state index in [0.717, 1.165) is 6.54 Å². The summed E-state index contributed by atoms with van der Waals surface area (Å²) in [5.74, 6) is 0. The molecule has 0 spiro atoms. The molecular formula is C9H18Cl2N2. The number of hydrogen-bond donors (Lipinski definition) is 1. The second-order valence-electron chi connectivity index (χ2n) is 3.87. The van der Waals surface area contributed by atoms with Gasteiger partial charge in [0.05, 0.1) is 0 Å². The zero-order valence-corrected chi connectivity index (χ0v) is 10.2. The highest BCUT2D eigenvalue weighted by Gasteiger charge is 2.19. The van der Waals surface area contributed by atoms with Gasteiger partial charge in [0, 0.05) is 29.2 Å². The molecule has 13 heavy (non-hydrogen) atoms. The monoisotopic (exact) mass is 224 g/mol. The molecule has 0 unspecified atom stereocenters. The molecular weight excluding hydrogens is 207 g/mol. The highest BCUT2D eigenvalue weighted by atomic mass is 35.5. The molecule has 2 nitrogen and oxygen atoms in total. The summed E-state index contributed by atoms with van der Waals surface area (Å²) in [6, 6.07) is 0. The Morgan fingerprint density at radius 1 is 1.46 bits per heavy atom. The van der Waals surface area contributed by atoms with E-state index >= 15 is 0 Å². The molecule has 1 N–H and O–H groups in total. The summed E-state index contributed by atoms with van der Waals surface area (Å²) in [5, 5.41) is 3.87. The fourth-order valence-electron chi connectivity index (χ4n) is 0.685. The van der Waals surface area contributed by atoms with Gasteiger partial charge in [0.1, 0.15) is 0 Å². The number of nitrogens with zero attached hydrogens (tertiary/aromatic N) is 1. The SMILES string of the molecule is CN(C)C(C)(C)CNCC(Cl)=CCl. The summed E-state index contributed by atoms with van der Waals surface area (Å²) in [5.41, 5.74) is 1.51. The van der Waals surface area contributed by atoms with Gasteiger partial charge in [-0.1, -0.05) is 23.2 Å². The van der Waals surface area contributed by atoms with Crippen molar-refractivity contribution in [3.8, 4) is 0 Å². The molecule has 4 heteroatoms. The minimum Gasteiger partial charge on any atom is -0.310 e. The lowest BCUT2D eigenvalue weighted by molar-refractivity contribution is 0.192. The van der Waals surface area contributed by atoms with Crippen molar-refractivity contribution in [3.63, 3.8) is 0 Å². The molecule has 0 bridgehead atoms. The van der Waals surface area contributed by atoms with Crippen LogP contribution in [-0.4, -0.2) is 37.6 Å². The van der Waals surface area contributed by atoms with E-state index in [1.54, 1.807) is 0 Å². The maximum Gasteiger partial charge on any atom is 0.0431 e. The van der Waals surface area contributed by atoms with Gasteiger partial charge in [-0.25, -0.2) is 0 Å². The van der Waals surface area contributed by atoms with Crippen molar-refractivity contribution in [1.82, 2.24) is 10.2 Å². The van der Waals surface area contributed by atoms with Gasteiger partial charge in [0.2, 0.25) is 0 Å². The molecule has 0 aromatic carbocycles. The van der Waals surface area contributed by atoms with Crippen molar-refractivity contribution in [2.45, 2.75) is 19.4 Å². The maximum atomic E-state index is 5.73. The van der Waals surface area contributed by atoms with E-state index in [2.05, 4.69) is 38.2 Å². The van der Waals surface area contributed by atoms with Gasteiger partial charge >= 0.3 is 0 Å². The third-order valence-corrected chi connectivity index (χ3v) is 2.80. The molecule has 0 aromatic rings. The minimum atomic E-state index is 0.128. The Balaban J connectivity index is 3.76. The van der Waals surface area contributed by atoms with E-state index < -0.39 is 0 Å². The molecule has 0 heterocycles. The third-order valence-electron chi connectivity index (χ3n) is 2.18. The smallest absolute Gasteiger partial charge is 0.0431 e. The molecule has 0 aliphatic carbocycles. The quantitative estimate of drug-likeness (QED) is 0.771. The number of halogens is 2. The van der Waals surface area contributed by atoms with Gasteiger partial charge in [0.15, 0.2) is 0 Å². The average Bonchev–Trinajstić information content (AvgIpc) is 2.03. The summed E-state index contributed by atoms with van der Waals surface area (Å²) in [6.07, 6.45) is 0. The highest BCUT2D eigenvalue weighted by Crippen LogP contribution is 2.08. The first kappa shape index (κ1) is 13.2. The Bertz CT molecular complexity index is 176. The summed E-state index contributed by atoms with van der Waals surface area (Å²) in [7, 11) is 4.11. The van der Waals surface area contributed by atoms with Gasteiger partial charge in [-0.15, -0.1) is 0 Å². The van der Waals surface area contributed by atoms with E-state index in [1.165, 1.54) is 5.54 Å². The Morgan fingerprint density at radius 2 is 2.00 bits per heavy atom. The fourth-order valence-corrected chi connectivity index (χ4v) is 0.856. The van der Waals surface area contributed by atoms with Crippen molar-refractivity contribution in [2.75, 3.05) is 27.2 Å². The van der Waals surface area contributed by atoms with Crippen LogP contribution in [0.15, 0.2) is 10.6 Å². The molecule has 0 aliphatic heterocycles. The van der Waals surface area contributed by atoms with Crippen molar-refractivity contribution in [3.05, 3.63) is 10.6 Å². The van der Waals surface area contributed by atoms with Crippen LogP contribution in [0.25, 0.3) is 0 Å². The third kappa shape index (κ3) is 5.53. The Morgan fingerprint density at radius 3 is 2.38 bits per heavy atom. The first-order valence-electron chi connectivity index (χ1n) is 4.23. The van der Waals surface area contributed by atoms with Crippen LogP contribution in [0.4, 0.5) is 0 Å². The van der Waals surface area contributed by atoms with Crippen LogP contribution in [0.5, 0.6) is 0 Å². The highest BCUT2D eigenvalue weighted by molar-refractivity contribution is 6.36. The van der Waals surface area contributed by atoms with Crippen molar-refractivity contribution in [2.24, 2.45) is 0 Å². The van der Waals surface area contributed by atoms with Gasteiger partial charge < -0.3 is 10.2 Å². The Hall–Kier alpha value is 0.240. The molecule has 0 rings (SSSR count). The minimum absolute atomic E-state index is 0.128. The average molecular weight is 225 g/mol. The zero-order chi connectivity index (χ0) is 10.5. The predicted octanol–water partition coefficient (Wildman–Crippen LogP) is 2.24. The lowest BCUT2D eigenvalue weighted by atomic mass is 10.0. The zero-order valence-electron chi connectivity index (χ0n) is 8.69. The summed E-state index contributed by atoms with van der Waals surface area (Å²) >= 11 is 11.1. The molecule has 0 aliphatic rings. The largest absolute Gasteiger partial charge is 0.310 e. The van der Waals surface area contributed by atoms with Crippen molar-refractivity contribution in [1.29, 1.82) is 0 Å². The predicted molar refractivity (Wildman–Crippen MR) is 60.4 cm³/mol. The van der Waals surface area contributed by atoms with Crippen LogP contribution in [0.1, 0.15) is 13.8 Å². The fraction of sp³-hybridized carbons (Fsp3) is 0.778. The van der Waals surface area contributed by atoms with Crippen LogP contribution in [0, 0.1) is 0 Å². The Kier molecular flexibility index (Phi) is 5.97. The number of rotatable bonds is 5. The first-order chi connectivity index (χ1) is 5.90. The van der Waals surface area contributed by atoms with Crippen LogP contribution < -0.4 is 5.32 Å². The van der Waals surface area contributed by atoms with Crippen molar-refractivity contribution < 1.29 is 0 Å². The topological polar surface area (TPSA) is 15.3 Å². The molecule has 0 radical (unpaired) electrons. The molecule has 0 saturated carbocycles. The molecule has 0 aromatic heterocycles. The number of hydrogen-bond acceptors (Lipinski definition) is 2. The standard InChI is InChI=1S/C9H18Cl2N2/c1-9(2,13(3)4)7-12-6-8(11)5-10/h5,12H,6-7H2,1-4H3. The van der Waals surface area contributed by atoms with E-state index in [9.17, 15) is 0 Å². The van der Waals surface area contributed by atoms with Crippen LogP contribution in [0.2, 0.25) is 0 Å². The normalized spacial score (nSPS) is 13.9. The number of likely N-dealkylation sites (N-methyl/N-ethyl adjacent to an activating group) is 1. The van der Waals surface area contributed by atoms with E-state index in [4.69, 9.17) is 23.2 Å². The summed E-state index contributed by atoms with van der Waals surface area (Å²) < 4.78 is 0. The second kappa shape index (κ2) is 5.86. The van der Waals surface area contributed by atoms with Crippen LogP contribution in [-0.2, 0) is 0 Å². The molecule has 0 saturated heterocycles. The number of nitrogens with one attached hydrogen (secondary N) is 1. The molecule has 0 atom stereocenters. The summed E-state index contributed by atoms with van der Waals surface area (Å²) in [6.45, 7) is 5.83. The molecule has 78 valence electrons. The van der Waals surface area contributed by atoms with E-state index in [0.29, 0.717) is 11.6 Å². The first-order valence-corrected chi connectivity index (χ1v) is 5.04. The molecule has 0 amide bonds. The molecule has 0 fully saturated rings. The van der Waals surface area contributed by atoms with Crippen LogP contribution in [0.3, 0.4) is 0 Å². The Labute approximate surface area is 90.9 Å². The second-order valence-corrected chi connectivity index (χ2v) is 4.57. The lowest BCUT2D eigenvalue weighted by Gasteiger charge is -2.32. The maximum absolute atomic E-state index is 5.73. The van der Waals surface area contributed by atoms with Crippen LogP contribution >= 0.6 is 23.2 Å².